The number of nitrogens with one attached hydrogen (secondary N) is 1. The van der Waals surface area contributed by atoms with Crippen LogP contribution in [0.3, 0.4) is 0 Å². The Balaban J connectivity index is 1.69. The van der Waals surface area contributed by atoms with Crippen LogP contribution in [0, 0.1) is 11.8 Å². The van der Waals surface area contributed by atoms with E-state index in [1.165, 1.54) is 18.2 Å². The second kappa shape index (κ2) is 8.22. The molecule has 1 aliphatic heterocycles. The Labute approximate surface area is 136 Å². The summed E-state index contributed by atoms with van der Waals surface area (Å²) >= 11 is 1.38. The van der Waals surface area contributed by atoms with E-state index in [1.54, 1.807) is 0 Å². The summed E-state index contributed by atoms with van der Waals surface area (Å²) in [7, 11) is 0. The van der Waals surface area contributed by atoms with Gasteiger partial charge in [-0.15, -0.1) is 11.8 Å². The number of carbonyl (C=O) groups is 2. The Kier molecular flexibility index (Phi) is 6.31. The lowest BCUT2D eigenvalue weighted by atomic mass is 9.92. The maximum absolute atomic E-state index is 12.2. The van der Waals surface area contributed by atoms with Crippen LogP contribution in [0.5, 0.6) is 0 Å². The van der Waals surface area contributed by atoms with E-state index in [9.17, 15) is 9.59 Å². The number of carbonyl (C=O) groups excluding carboxylic acids is 2. The molecule has 1 saturated heterocycles. The van der Waals surface area contributed by atoms with Gasteiger partial charge in [0.25, 0.3) is 0 Å². The molecule has 0 radical (unpaired) electrons. The highest BCUT2D eigenvalue weighted by Gasteiger charge is 2.25. The van der Waals surface area contributed by atoms with Gasteiger partial charge in [0.2, 0.25) is 11.8 Å². The Morgan fingerprint density at radius 2 is 1.77 bits per heavy atom. The predicted molar refractivity (Wildman–Crippen MR) is 91.9 cm³/mol. The van der Waals surface area contributed by atoms with Crippen molar-refractivity contribution in [1.29, 1.82) is 0 Å². The summed E-state index contributed by atoms with van der Waals surface area (Å²) in [6.07, 6.45) is 1.19. The zero-order valence-corrected chi connectivity index (χ0v) is 14.1. The third kappa shape index (κ3) is 5.37. The van der Waals surface area contributed by atoms with Gasteiger partial charge in [-0.2, -0.15) is 0 Å². The molecule has 0 aromatic heterocycles. The molecule has 1 aromatic carbocycles. The summed E-state index contributed by atoms with van der Waals surface area (Å²) in [6.45, 7) is 6.08. The van der Waals surface area contributed by atoms with Crippen molar-refractivity contribution in [1.82, 2.24) is 4.90 Å². The molecule has 0 bridgehead atoms. The van der Waals surface area contributed by atoms with Gasteiger partial charge < -0.3 is 10.2 Å². The normalized spacial score (nSPS) is 21.5. The summed E-state index contributed by atoms with van der Waals surface area (Å²) in [5.41, 5.74) is 0.790. The maximum Gasteiger partial charge on any atom is 0.234 e. The minimum absolute atomic E-state index is 0.0654. The number of anilines is 1. The Morgan fingerprint density at radius 1 is 1.14 bits per heavy atom. The smallest absolute Gasteiger partial charge is 0.234 e. The third-order valence-electron chi connectivity index (χ3n) is 3.74. The number of thioether (sulfide) groups is 1. The second-order valence-electron chi connectivity index (χ2n) is 6.15. The highest BCUT2D eigenvalue weighted by molar-refractivity contribution is 8.00. The second-order valence-corrected chi connectivity index (χ2v) is 7.14. The Morgan fingerprint density at radius 3 is 2.41 bits per heavy atom. The Hall–Kier alpha value is -1.49. The van der Waals surface area contributed by atoms with Gasteiger partial charge in [0.1, 0.15) is 0 Å². The van der Waals surface area contributed by atoms with E-state index in [2.05, 4.69) is 19.2 Å². The molecular formula is C17H24N2O2S. The molecule has 2 unspecified atom stereocenters. The van der Waals surface area contributed by atoms with E-state index in [1.807, 2.05) is 35.2 Å². The van der Waals surface area contributed by atoms with Crippen molar-refractivity contribution < 1.29 is 9.59 Å². The monoisotopic (exact) mass is 320 g/mol. The molecule has 2 atom stereocenters. The number of benzene rings is 1. The molecule has 1 heterocycles. The molecule has 5 heteroatoms. The average molecular weight is 320 g/mol. The average Bonchev–Trinajstić information content (AvgIpc) is 2.47. The van der Waals surface area contributed by atoms with E-state index in [4.69, 9.17) is 0 Å². The summed E-state index contributed by atoms with van der Waals surface area (Å²) in [4.78, 5) is 26.0. The van der Waals surface area contributed by atoms with Crippen molar-refractivity contribution >= 4 is 29.3 Å². The highest BCUT2D eigenvalue weighted by atomic mass is 32.2. The van der Waals surface area contributed by atoms with Crippen LogP contribution >= 0.6 is 11.8 Å². The van der Waals surface area contributed by atoms with Gasteiger partial charge >= 0.3 is 0 Å². The van der Waals surface area contributed by atoms with E-state index in [0.29, 0.717) is 23.3 Å². The lowest BCUT2D eigenvalue weighted by Gasteiger charge is -2.35. The van der Waals surface area contributed by atoms with Crippen LogP contribution in [0.2, 0.25) is 0 Å². The first-order valence-electron chi connectivity index (χ1n) is 7.75. The van der Waals surface area contributed by atoms with E-state index in [0.717, 1.165) is 18.8 Å². The summed E-state index contributed by atoms with van der Waals surface area (Å²) in [6, 6.07) is 9.37. The van der Waals surface area contributed by atoms with Gasteiger partial charge in [-0.3, -0.25) is 9.59 Å². The minimum Gasteiger partial charge on any atom is -0.341 e. The molecule has 1 fully saturated rings. The zero-order chi connectivity index (χ0) is 15.9. The molecule has 2 amide bonds. The molecule has 4 nitrogen and oxygen atoms in total. The van der Waals surface area contributed by atoms with Gasteiger partial charge in [0, 0.05) is 18.8 Å². The standard InChI is InChI=1S/C17H24N2O2S/c1-13-8-14(2)10-19(9-13)17(21)12-22-11-16(20)18-15-6-4-3-5-7-15/h3-7,13-14H,8-12H2,1-2H3,(H,18,20). The highest BCUT2D eigenvalue weighted by Crippen LogP contribution is 2.21. The largest absolute Gasteiger partial charge is 0.341 e. The maximum atomic E-state index is 12.2. The van der Waals surface area contributed by atoms with Crippen LogP contribution in [0.4, 0.5) is 5.69 Å². The lowest BCUT2D eigenvalue weighted by molar-refractivity contribution is -0.130. The first kappa shape index (κ1) is 16.9. The molecule has 0 spiro atoms. The molecule has 22 heavy (non-hydrogen) atoms. The molecule has 120 valence electrons. The molecular weight excluding hydrogens is 296 g/mol. The van der Waals surface area contributed by atoms with E-state index >= 15 is 0 Å². The number of rotatable bonds is 5. The van der Waals surface area contributed by atoms with Crippen LogP contribution in [-0.4, -0.2) is 41.3 Å². The van der Waals surface area contributed by atoms with Crippen LogP contribution in [-0.2, 0) is 9.59 Å². The van der Waals surface area contributed by atoms with Gasteiger partial charge in [0.05, 0.1) is 11.5 Å². The first-order valence-corrected chi connectivity index (χ1v) is 8.90. The zero-order valence-electron chi connectivity index (χ0n) is 13.2. The van der Waals surface area contributed by atoms with E-state index < -0.39 is 0 Å². The first-order chi connectivity index (χ1) is 10.5. The van der Waals surface area contributed by atoms with Crippen LogP contribution in [0.25, 0.3) is 0 Å². The van der Waals surface area contributed by atoms with Gasteiger partial charge in [-0.05, 0) is 30.4 Å². The fourth-order valence-corrected chi connectivity index (χ4v) is 3.62. The lowest BCUT2D eigenvalue weighted by Crippen LogP contribution is -2.43. The van der Waals surface area contributed by atoms with Crippen LogP contribution < -0.4 is 5.32 Å². The van der Waals surface area contributed by atoms with Crippen molar-refractivity contribution in [3.05, 3.63) is 30.3 Å². The number of hydrogen-bond acceptors (Lipinski definition) is 3. The van der Waals surface area contributed by atoms with Crippen LogP contribution in [0.15, 0.2) is 30.3 Å². The summed E-state index contributed by atoms with van der Waals surface area (Å²) in [5.74, 6) is 1.90. The summed E-state index contributed by atoms with van der Waals surface area (Å²) in [5, 5.41) is 2.82. The molecule has 1 aromatic rings. The number of amides is 2. The van der Waals surface area contributed by atoms with Crippen molar-refractivity contribution in [3.63, 3.8) is 0 Å². The number of likely N-dealkylation sites (tertiary alicyclic amines) is 1. The molecule has 0 saturated carbocycles. The predicted octanol–water partition coefficient (Wildman–Crippen LogP) is 2.86. The van der Waals surface area contributed by atoms with Crippen molar-refractivity contribution in [3.8, 4) is 0 Å². The van der Waals surface area contributed by atoms with Gasteiger partial charge in [0.15, 0.2) is 0 Å². The van der Waals surface area contributed by atoms with Crippen LogP contribution in [0.1, 0.15) is 20.3 Å². The number of nitrogens with zero attached hydrogens (tertiary/aromatic N) is 1. The fourth-order valence-electron chi connectivity index (χ4n) is 2.91. The quantitative estimate of drug-likeness (QED) is 0.907. The van der Waals surface area contributed by atoms with Crippen molar-refractivity contribution in [2.75, 3.05) is 29.9 Å². The van der Waals surface area contributed by atoms with Crippen molar-refractivity contribution in [2.45, 2.75) is 20.3 Å². The topological polar surface area (TPSA) is 49.4 Å². The Bertz CT molecular complexity index is 497. The van der Waals surface area contributed by atoms with Crippen molar-refractivity contribution in [2.24, 2.45) is 11.8 Å². The molecule has 0 aliphatic carbocycles. The minimum atomic E-state index is -0.0654. The summed E-state index contributed by atoms with van der Waals surface area (Å²) < 4.78 is 0. The van der Waals surface area contributed by atoms with Gasteiger partial charge in [-0.25, -0.2) is 0 Å². The molecule has 1 N–H and O–H groups in total. The molecule has 1 aliphatic rings. The van der Waals surface area contributed by atoms with Gasteiger partial charge in [-0.1, -0.05) is 32.0 Å². The number of piperidine rings is 1. The number of para-hydroxylation sites is 1. The SMILES string of the molecule is CC1CC(C)CN(C(=O)CSCC(=O)Nc2ccccc2)C1. The molecule has 2 rings (SSSR count). The fraction of sp³-hybridized carbons (Fsp3) is 0.529. The third-order valence-corrected chi connectivity index (χ3v) is 4.66. The van der Waals surface area contributed by atoms with E-state index in [-0.39, 0.29) is 11.8 Å². The number of hydrogen-bond donors (Lipinski definition) is 1.